The van der Waals surface area contributed by atoms with Crippen LogP contribution in [0.15, 0.2) is 49.6 Å². The first-order valence-corrected chi connectivity index (χ1v) is 9.08. The van der Waals surface area contributed by atoms with Gasteiger partial charge in [0.25, 0.3) is 0 Å². The molecule has 0 amide bonds. The molecule has 4 rings (SSSR count). The molecule has 0 aliphatic carbocycles. The van der Waals surface area contributed by atoms with E-state index in [-0.39, 0.29) is 12.2 Å². The van der Waals surface area contributed by atoms with Crippen LogP contribution in [0.2, 0.25) is 0 Å². The van der Waals surface area contributed by atoms with Crippen molar-refractivity contribution >= 4 is 10.8 Å². The maximum Gasteiger partial charge on any atom is 0.130 e. The van der Waals surface area contributed by atoms with Crippen LogP contribution in [-0.4, -0.2) is 38.6 Å². The standard InChI is InChI=1S/C22H24O4/c1-3-5-15-7-9-20-19(21(15)25-13-17-11-23-17)10-8-16(6-4-2)22(20)26-14-18-12-24-18/h3-4,7-10,17-18H,1-2,5-6,11-14H2. The van der Waals surface area contributed by atoms with Crippen LogP contribution in [0.1, 0.15) is 11.1 Å². The molecule has 0 spiro atoms. The van der Waals surface area contributed by atoms with Crippen molar-refractivity contribution in [1.82, 2.24) is 0 Å². The van der Waals surface area contributed by atoms with Gasteiger partial charge in [0.1, 0.15) is 36.9 Å². The van der Waals surface area contributed by atoms with Crippen molar-refractivity contribution in [3.8, 4) is 11.5 Å². The summed E-state index contributed by atoms with van der Waals surface area (Å²) in [5.74, 6) is 1.80. The molecular weight excluding hydrogens is 328 g/mol. The third kappa shape index (κ3) is 3.76. The highest BCUT2D eigenvalue weighted by atomic mass is 16.6. The molecule has 2 saturated heterocycles. The maximum atomic E-state index is 6.15. The van der Waals surface area contributed by atoms with E-state index in [2.05, 4.69) is 37.4 Å². The third-order valence-corrected chi connectivity index (χ3v) is 4.63. The van der Waals surface area contributed by atoms with Crippen LogP contribution in [0.4, 0.5) is 0 Å². The van der Waals surface area contributed by atoms with Gasteiger partial charge in [-0.3, -0.25) is 0 Å². The minimum absolute atomic E-state index is 0.213. The van der Waals surface area contributed by atoms with E-state index in [1.165, 1.54) is 0 Å². The molecule has 2 unspecified atom stereocenters. The maximum absolute atomic E-state index is 6.15. The fourth-order valence-electron chi connectivity index (χ4n) is 3.10. The third-order valence-electron chi connectivity index (χ3n) is 4.63. The lowest BCUT2D eigenvalue weighted by molar-refractivity contribution is 0.261. The number of benzene rings is 2. The van der Waals surface area contributed by atoms with Gasteiger partial charge in [0.05, 0.1) is 13.2 Å². The average Bonchev–Trinajstić information content (AvgIpc) is 3.54. The van der Waals surface area contributed by atoms with Gasteiger partial charge >= 0.3 is 0 Å². The Bertz CT molecular complexity index is 749. The predicted octanol–water partition coefficient (Wildman–Crippen LogP) is 3.85. The number of allylic oxidation sites excluding steroid dienone is 2. The number of hydrogen-bond donors (Lipinski definition) is 0. The highest BCUT2D eigenvalue weighted by Crippen LogP contribution is 2.38. The van der Waals surface area contributed by atoms with E-state index in [4.69, 9.17) is 18.9 Å². The molecule has 0 saturated carbocycles. The summed E-state index contributed by atoms with van der Waals surface area (Å²) in [6.07, 6.45) is 5.74. The van der Waals surface area contributed by atoms with Gasteiger partial charge in [-0.05, 0) is 24.0 Å². The largest absolute Gasteiger partial charge is 0.490 e. The van der Waals surface area contributed by atoms with Gasteiger partial charge in [0.2, 0.25) is 0 Å². The molecule has 2 aromatic carbocycles. The molecule has 26 heavy (non-hydrogen) atoms. The molecule has 2 atom stereocenters. The second-order valence-corrected chi connectivity index (χ2v) is 6.72. The summed E-state index contributed by atoms with van der Waals surface area (Å²) in [7, 11) is 0. The SMILES string of the molecule is C=CCc1ccc2c(OCC3CO3)c(CC=C)ccc2c1OCC1CO1. The summed E-state index contributed by atoms with van der Waals surface area (Å²) in [5, 5.41) is 2.12. The highest BCUT2D eigenvalue weighted by molar-refractivity contribution is 5.95. The lowest BCUT2D eigenvalue weighted by atomic mass is 9.98. The minimum atomic E-state index is 0.213. The quantitative estimate of drug-likeness (QED) is 0.481. The van der Waals surface area contributed by atoms with E-state index in [1.54, 1.807) is 0 Å². The number of fused-ring (bicyclic) bond motifs is 1. The van der Waals surface area contributed by atoms with Crippen LogP contribution in [-0.2, 0) is 22.3 Å². The summed E-state index contributed by atoms with van der Waals surface area (Å²) in [6.45, 7) is 10.4. The molecule has 2 heterocycles. The molecule has 2 aromatic rings. The normalized spacial score (nSPS) is 20.6. The topological polar surface area (TPSA) is 43.5 Å². The van der Waals surface area contributed by atoms with Gasteiger partial charge in [0.15, 0.2) is 0 Å². The zero-order valence-corrected chi connectivity index (χ0v) is 14.9. The van der Waals surface area contributed by atoms with Crippen molar-refractivity contribution < 1.29 is 18.9 Å². The summed E-state index contributed by atoms with van der Waals surface area (Å²) in [6, 6.07) is 8.44. The lowest BCUT2D eigenvalue weighted by Crippen LogP contribution is -2.08. The molecule has 0 bridgehead atoms. The molecule has 136 valence electrons. The first-order chi connectivity index (χ1) is 12.8. The second kappa shape index (κ2) is 7.52. The Hall–Kier alpha value is -2.30. The van der Waals surface area contributed by atoms with E-state index < -0.39 is 0 Å². The molecule has 2 aliphatic rings. The summed E-state index contributed by atoms with van der Waals surface area (Å²) in [4.78, 5) is 0. The molecule has 4 heteroatoms. The lowest BCUT2D eigenvalue weighted by Gasteiger charge is -2.18. The molecule has 0 N–H and O–H groups in total. The Morgan fingerprint density at radius 1 is 0.808 bits per heavy atom. The van der Waals surface area contributed by atoms with Crippen molar-refractivity contribution in [3.05, 3.63) is 60.7 Å². The van der Waals surface area contributed by atoms with Gasteiger partial charge < -0.3 is 18.9 Å². The van der Waals surface area contributed by atoms with Crippen molar-refractivity contribution in [3.63, 3.8) is 0 Å². The van der Waals surface area contributed by atoms with Gasteiger partial charge in [-0.1, -0.05) is 36.4 Å². The Morgan fingerprint density at radius 3 is 1.58 bits per heavy atom. The molecule has 2 fully saturated rings. The van der Waals surface area contributed by atoms with E-state index in [9.17, 15) is 0 Å². The second-order valence-electron chi connectivity index (χ2n) is 6.72. The summed E-state index contributed by atoms with van der Waals surface area (Å²) < 4.78 is 22.9. The number of rotatable bonds is 10. The van der Waals surface area contributed by atoms with Crippen LogP contribution in [0, 0.1) is 0 Å². The van der Waals surface area contributed by atoms with E-state index in [1.807, 2.05) is 12.2 Å². The Kier molecular flexibility index (Phi) is 4.96. The van der Waals surface area contributed by atoms with E-state index in [0.29, 0.717) is 13.2 Å². The summed E-state index contributed by atoms with van der Waals surface area (Å²) >= 11 is 0. The molecule has 4 nitrogen and oxygen atoms in total. The Morgan fingerprint density at radius 2 is 1.23 bits per heavy atom. The number of hydrogen-bond acceptors (Lipinski definition) is 4. The van der Waals surface area contributed by atoms with Gasteiger partial charge in [-0.15, -0.1) is 13.2 Å². The first kappa shape index (κ1) is 17.1. The average molecular weight is 352 g/mol. The summed E-state index contributed by atoms with van der Waals surface area (Å²) in [5.41, 5.74) is 2.25. The molecule has 0 radical (unpaired) electrons. The number of epoxide rings is 2. The van der Waals surface area contributed by atoms with Crippen LogP contribution >= 0.6 is 0 Å². The fourth-order valence-corrected chi connectivity index (χ4v) is 3.10. The predicted molar refractivity (Wildman–Crippen MR) is 102 cm³/mol. The molecule has 0 aromatic heterocycles. The Labute approximate surface area is 154 Å². The van der Waals surface area contributed by atoms with Crippen molar-refractivity contribution in [1.29, 1.82) is 0 Å². The van der Waals surface area contributed by atoms with Gasteiger partial charge in [0, 0.05) is 10.8 Å². The fraction of sp³-hybridized carbons (Fsp3) is 0.364. The highest BCUT2D eigenvalue weighted by Gasteiger charge is 2.26. The monoisotopic (exact) mass is 352 g/mol. The van der Waals surface area contributed by atoms with Crippen LogP contribution < -0.4 is 9.47 Å². The molecular formula is C22H24O4. The Balaban J connectivity index is 1.76. The molecule has 2 aliphatic heterocycles. The van der Waals surface area contributed by atoms with E-state index in [0.717, 1.165) is 59.5 Å². The van der Waals surface area contributed by atoms with Crippen LogP contribution in [0.5, 0.6) is 11.5 Å². The number of ether oxygens (including phenoxy) is 4. The van der Waals surface area contributed by atoms with Gasteiger partial charge in [-0.25, -0.2) is 0 Å². The van der Waals surface area contributed by atoms with Gasteiger partial charge in [-0.2, -0.15) is 0 Å². The zero-order valence-electron chi connectivity index (χ0n) is 14.9. The van der Waals surface area contributed by atoms with Crippen molar-refractivity contribution in [2.45, 2.75) is 25.0 Å². The zero-order chi connectivity index (χ0) is 17.9. The van der Waals surface area contributed by atoms with Crippen molar-refractivity contribution in [2.75, 3.05) is 26.4 Å². The van der Waals surface area contributed by atoms with E-state index >= 15 is 0 Å². The van der Waals surface area contributed by atoms with Crippen molar-refractivity contribution in [2.24, 2.45) is 0 Å². The minimum Gasteiger partial charge on any atom is -0.490 e. The smallest absolute Gasteiger partial charge is 0.130 e. The first-order valence-electron chi connectivity index (χ1n) is 9.08. The van der Waals surface area contributed by atoms with Crippen LogP contribution in [0.25, 0.3) is 10.8 Å². The van der Waals surface area contributed by atoms with Crippen LogP contribution in [0.3, 0.4) is 0 Å².